The van der Waals surface area contributed by atoms with Gasteiger partial charge in [-0.15, -0.1) is 0 Å². The molecule has 1 amide bonds. The van der Waals surface area contributed by atoms with E-state index in [0.717, 1.165) is 28.1 Å². The third-order valence-corrected chi connectivity index (χ3v) is 4.57. The van der Waals surface area contributed by atoms with Crippen LogP contribution in [0.25, 0.3) is 5.70 Å². The Bertz CT molecular complexity index is 876. The first kappa shape index (κ1) is 15.5. The lowest BCUT2D eigenvalue weighted by Crippen LogP contribution is -2.50. The lowest BCUT2D eigenvalue weighted by Gasteiger charge is -2.32. The number of carbonyl (C=O) groups excluding carboxylic acids is 1. The molecule has 0 radical (unpaired) electrons. The van der Waals surface area contributed by atoms with Gasteiger partial charge >= 0.3 is 0 Å². The van der Waals surface area contributed by atoms with Crippen LogP contribution >= 0.6 is 0 Å². The summed E-state index contributed by atoms with van der Waals surface area (Å²) in [6, 6.07) is 14.5. The Morgan fingerprint density at radius 2 is 1.56 bits per heavy atom. The number of anilines is 1. The molecule has 1 N–H and O–H groups in total. The number of rotatable bonds is 2. The van der Waals surface area contributed by atoms with Gasteiger partial charge in [0.1, 0.15) is 0 Å². The van der Waals surface area contributed by atoms with Crippen molar-refractivity contribution in [3.63, 3.8) is 0 Å². The third kappa shape index (κ3) is 2.80. The molecule has 0 spiro atoms. The first-order chi connectivity index (χ1) is 12.0. The highest BCUT2D eigenvalue weighted by Crippen LogP contribution is 2.28. The van der Waals surface area contributed by atoms with Crippen LogP contribution in [0, 0.1) is 20.8 Å². The Hall–Kier alpha value is -3.01. The molecule has 25 heavy (non-hydrogen) atoms. The molecule has 4 nitrogen and oxygen atoms in total. The number of aryl methyl sites for hydroxylation is 3. The van der Waals surface area contributed by atoms with E-state index in [1.165, 1.54) is 5.56 Å². The number of benzene rings is 2. The monoisotopic (exact) mass is 331 g/mol. The highest BCUT2D eigenvalue weighted by atomic mass is 16.2. The van der Waals surface area contributed by atoms with E-state index in [0.29, 0.717) is 0 Å². The van der Waals surface area contributed by atoms with E-state index in [1.807, 2.05) is 49.5 Å². The maximum absolute atomic E-state index is 13.0. The molecule has 2 aromatic carbocycles. The van der Waals surface area contributed by atoms with Gasteiger partial charge in [-0.2, -0.15) is 0 Å². The van der Waals surface area contributed by atoms with Crippen molar-refractivity contribution in [2.45, 2.75) is 26.9 Å². The number of hydrogen-bond acceptors (Lipinski definition) is 3. The van der Waals surface area contributed by atoms with Gasteiger partial charge in [0.15, 0.2) is 6.17 Å². The van der Waals surface area contributed by atoms with Gasteiger partial charge < -0.3 is 10.2 Å². The van der Waals surface area contributed by atoms with Crippen LogP contribution < -0.4 is 10.2 Å². The van der Waals surface area contributed by atoms with Crippen LogP contribution in [0.3, 0.4) is 0 Å². The zero-order chi connectivity index (χ0) is 17.6. The molecule has 4 heteroatoms. The molecule has 0 aliphatic carbocycles. The topological polar surface area (TPSA) is 35.6 Å². The fraction of sp³-hybridized carbons (Fsp3) is 0.190. The van der Waals surface area contributed by atoms with Crippen molar-refractivity contribution >= 4 is 17.3 Å². The number of nitrogens with zero attached hydrogens (tertiary/aromatic N) is 2. The second-order valence-electron chi connectivity index (χ2n) is 6.76. The molecule has 2 heterocycles. The SMILES string of the molecule is Cc1ccc(C2=CN3C=CN(c4cc(C)cc(C)c4)C(=O)C3N2)cc1. The van der Waals surface area contributed by atoms with Crippen LogP contribution in [0.15, 0.2) is 61.1 Å². The van der Waals surface area contributed by atoms with Gasteiger partial charge in [-0.05, 0) is 49.6 Å². The van der Waals surface area contributed by atoms with Gasteiger partial charge in [0.25, 0.3) is 5.91 Å². The maximum Gasteiger partial charge on any atom is 0.274 e. The molecule has 1 unspecified atom stereocenters. The molecule has 126 valence electrons. The second-order valence-corrected chi connectivity index (χ2v) is 6.76. The Balaban J connectivity index is 1.60. The molecule has 0 saturated heterocycles. The van der Waals surface area contributed by atoms with E-state index in [4.69, 9.17) is 0 Å². The highest BCUT2D eigenvalue weighted by Gasteiger charge is 2.35. The smallest absolute Gasteiger partial charge is 0.274 e. The summed E-state index contributed by atoms with van der Waals surface area (Å²) in [5.74, 6) is 0.0193. The minimum absolute atomic E-state index is 0.0193. The fourth-order valence-electron chi connectivity index (χ4n) is 3.34. The summed E-state index contributed by atoms with van der Waals surface area (Å²) in [6.45, 7) is 6.16. The third-order valence-electron chi connectivity index (χ3n) is 4.57. The zero-order valence-electron chi connectivity index (χ0n) is 14.7. The van der Waals surface area contributed by atoms with E-state index in [1.54, 1.807) is 4.90 Å². The maximum atomic E-state index is 13.0. The summed E-state index contributed by atoms with van der Waals surface area (Å²) in [5, 5.41) is 3.35. The minimum atomic E-state index is -0.401. The summed E-state index contributed by atoms with van der Waals surface area (Å²) >= 11 is 0. The predicted molar refractivity (Wildman–Crippen MR) is 100 cm³/mol. The second kappa shape index (κ2) is 5.81. The van der Waals surface area contributed by atoms with Crippen LogP contribution in [0.1, 0.15) is 22.3 Å². The van der Waals surface area contributed by atoms with Gasteiger partial charge in [0, 0.05) is 24.3 Å². The normalized spacial score (nSPS) is 18.9. The standard InChI is InChI=1S/C21H21N3O/c1-14-4-6-17(7-5-14)19-13-23-8-9-24(21(25)20(23)22-19)18-11-15(2)10-16(3)12-18/h4-13,20,22H,1-3H3. The summed E-state index contributed by atoms with van der Waals surface area (Å²) in [5.41, 5.74) is 6.47. The van der Waals surface area contributed by atoms with Gasteiger partial charge in [0.2, 0.25) is 0 Å². The van der Waals surface area contributed by atoms with Crippen molar-refractivity contribution in [2.75, 3.05) is 4.90 Å². The summed E-state index contributed by atoms with van der Waals surface area (Å²) in [4.78, 5) is 16.6. The molecule has 2 aliphatic heterocycles. The molecular formula is C21H21N3O. The Labute approximate surface area is 148 Å². The summed E-state index contributed by atoms with van der Waals surface area (Å²) in [6.07, 6.45) is 5.37. The van der Waals surface area contributed by atoms with Crippen LogP contribution in [-0.2, 0) is 4.79 Å². The summed E-state index contributed by atoms with van der Waals surface area (Å²) < 4.78 is 0. The van der Waals surface area contributed by atoms with Crippen molar-refractivity contribution in [1.29, 1.82) is 0 Å². The molecule has 2 aliphatic rings. The number of nitrogens with one attached hydrogen (secondary N) is 1. The van der Waals surface area contributed by atoms with Crippen LogP contribution in [0.2, 0.25) is 0 Å². The lowest BCUT2D eigenvalue weighted by atomic mass is 10.1. The molecule has 0 bridgehead atoms. The molecule has 0 aromatic heterocycles. The average molecular weight is 331 g/mol. The molecule has 0 fully saturated rings. The van der Waals surface area contributed by atoms with Gasteiger partial charge in [-0.25, -0.2) is 0 Å². The number of amides is 1. The van der Waals surface area contributed by atoms with Crippen LogP contribution in [-0.4, -0.2) is 17.0 Å². The Morgan fingerprint density at radius 3 is 2.24 bits per heavy atom. The van der Waals surface area contributed by atoms with E-state index in [-0.39, 0.29) is 5.91 Å². The van der Waals surface area contributed by atoms with Crippen molar-refractivity contribution in [2.24, 2.45) is 0 Å². The van der Waals surface area contributed by atoms with Crippen molar-refractivity contribution < 1.29 is 4.79 Å². The Kier molecular flexibility index (Phi) is 3.61. The van der Waals surface area contributed by atoms with E-state index >= 15 is 0 Å². The van der Waals surface area contributed by atoms with Crippen molar-refractivity contribution in [3.05, 3.63) is 83.3 Å². The largest absolute Gasteiger partial charge is 0.355 e. The zero-order valence-corrected chi connectivity index (χ0v) is 14.7. The van der Waals surface area contributed by atoms with Gasteiger partial charge in [-0.1, -0.05) is 35.9 Å². The molecule has 0 saturated carbocycles. The minimum Gasteiger partial charge on any atom is -0.355 e. The summed E-state index contributed by atoms with van der Waals surface area (Å²) in [7, 11) is 0. The molecule has 4 rings (SSSR count). The Morgan fingerprint density at radius 1 is 0.880 bits per heavy atom. The van der Waals surface area contributed by atoms with E-state index < -0.39 is 6.17 Å². The first-order valence-electron chi connectivity index (χ1n) is 8.44. The van der Waals surface area contributed by atoms with Crippen LogP contribution in [0.4, 0.5) is 5.69 Å². The number of fused-ring (bicyclic) bond motifs is 1. The first-order valence-corrected chi connectivity index (χ1v) is 8.44. The van der Waals surface area contributed by atoms with Crippen molar-refractivity contribution in [1.82, 2.24) is 10.2 Å². The van der Waals surface area contributed by atoms with E-state index in [9.17, 15) is 4.79 Å². The number of carbonyl (C=O) groups is 1. The molecule has 2 aromatic rings. The quantitative estimate of drug-likeness (QED) is 0.912. The van der Waals surface area contributed by atoms with Gasteiger partial charge in [-0.3, -0.25) is 9.69 Å². The van der Waals surface area contributed by atoms with Gasteiger partial charge in [0.05, 0.1) is 5.70 Å². The molecular weight excluding hydrogens is 310 g/mol. The fourth-order valence-corrected chi connectivity index (χ4v) is 3.34. The van der Waals surface area contributed by atoms with E-state index in [2.05, 4.69) is 42.6 Å². The highest BCUT2D eigenvalue weighted by molar-refractivity contribution is 6.01. The lowest BCUT2D eigenvalue weighted by molar-refractivity contribution is -0.122. The average Bonchev–Trinajstić information content (AvgIpc) is 3.00. The molecule has 1 atom stereocenters. The predicted octanol–water partition coefficient (Wildman–Crippen LogP) is 3.66. The van der Waals surface area contributed by atoms with Crippen molar-refractivity contribution in [3.8, 4) is 0 Å². The van der Waals surface area contributed by atoms with Crippen LogP contribution in [0.5, 0.6) is 0 Å². The number of hydrogen-bond donors (Lipinski definition) is 1.